The van der Waals surface area contributed by atoms with Crippen molar-refractivity contribution < 1.29 is 0 Å². The van der Waals surface area contributed by atoms with Gasteiger partial charge in [-0.3, -0.25) is 0 Å². The summed E-state index contributed by atoms with van der Waals surface area (Å²) in [4.78, 5) is 0. The molecule has 0 spiro atoms. The topological polar surface area (TPSA) is 12.0 Å². The summed E-state index contributed by atoms with van der Waals surface area (Å²) in [7, 11) is 0. The molecular weight excluding hydrogens is 182 g/mol. The van der Waals surface area contributed by atoms with Gasteiger partial charge < -0.3 is 5.32 Å². The summed E-state index contributed by atoms with van der Waals surface area (Å²) >= 11 is 0. The van der Waals surface area contributed by atoms with E-state index in [1.807, 2.05) is 0 Å². The van der Waals surface area contributed by atoms with E-state index in [9.17, 15) is 0 Å². The Bertz CT molecular complexity index is 304. The maximum Gasteiger partial charge on any atom is 0.0294 e. The minimum Gasteiger partial charge on any atom is -0.310 e. The molecule has 0 aliphatic rings. The monoisotopic (exact) mass is 205 g/mol. The Labute approximate surface area is 93.9 Å². The molecule has 0 fully saturated rings. The zero-order chi connectivity index (χ0) is 11.3. The molecular formula is C14H23N. The lowest BCUT2D eigenvalue weighted by Crippen LogP contribution is -2.20. The molecule has 1 rings (SSSR count). The minimum atomic E-state index is 0.470. The minimum absolute atomic E-state index is 0.470. The summed E-state index contributed by atoms with van der Waals surface area (Å²) in [5.41, 5.74) is 4.17. The van der Waals surface area contributed by atoms with Crippen molar-refractivity contribution in [1.29, 1.82) is 0 Å². The summed E-state index contributed by atoms with van der Waals surface area (Å²) in [5, 5.41) is 3.56. The molecule has 0 unspecified atom stereocenters. The van der Waals surface area contributed by atoms with Gasteiger partial charge in [0.2, 0.25) is 0 Å². The van der Waals surface area contributed by atoms with E-state index in [0.717, 1.165) is 6.54 Å². The van der Waals surface area contributed by atoms with Gasteiger partial charge in [-0.25, -0.2) is 0 Å². The third kappa shape index (κ3) is 3.67. The van der Waals surface area contributed by atoms with E-state index in [0.29, 0.717) is 6.04 Å². The van der Waals surface area contributed by atoms with Crippen LogP contribution < -0.4 is 5.32 Å². The molecule has 1 nitrogen and oxygen atoms in total. The van der Waals surface area contributed by atoms with Crippen molar-refractivity contribution in [2.75, 3.05) is 6.54 Å². The van der Waals surface area contributed by atoms with Crippen LogP contribution in [0.25, 0.3) is 0 Å². The largest absolute Gasteiger partial charge is 0.310 e. The first-order valence-electron chi connectivity index (χ1n) is 5.95. The first-order chi connectivity index (χ1) is 7.15. The number of hydrogen-bond donors (Lipinski definition) is 1. The van der Waals surface area contributed by atoms with E-state index >= 15 is 0 Å². The molecule has 0 radical (unpaired) electrons. The predicted octanol–water partition coefficient (Wildman–Crippen LogP) is 3.75. The molecule has 1 heteroatoms. The molecule has 0 heterocycles. The third-order valence-electron chi connectivity index (χ3n) is 2.87. The second-order valence-corrected chi connectivity index (χ2v) is 4.39. The molecule has 1 aromatic rings. The summed E-state index contributed by atoms with van der Waals surface area (Å²) in [6.45, 7) is 9.92. The van der Waals surface area contributed by atoms with Crippen molar-refractivity contribution in [1.82, 2.24) is 5.32 Å². The summed E-state index contributed by atoms with van der Waals surface area (Å²) in [5.74, 6) is 0. The molecule has 0 amide bonds. The van der Waals surface area contributed by atoms with Gasteiger partial charge in [0, 0.05) is 6.04 Å². The Morgan fingerprint density at radius 1 is 1.27 bits per heavy atom. The van der Waals surface area contributed by atoms with Crippen molar-refractivity contribution in [2.45, 2.75) is 46.6 Å². The highest BCUT2D eigenvalue weighted by Gasteiger charge is 2.06. The highest BCUT2D eigenvalue weighted by Crippen LogP contribution is 2.18. The molecule has 15 heavy (non-hydrogen) atoms. The zero-order valence-electron chi connectivity index (χ0n) is 10.4. The summed E-state index contributed by atoms with van der Waals surface area (Å²) in [6, 6.07) is 7.17. The zero-order valence-corrected chi connectivity index (χ0v) is 10.4. The fourth-order valence-corrected chi connectivity index (χ4v) is 1.92. The Morgan fingerprint density at radius 3 is 2.60 bits per heavy atom. The third-order valence-corrected chi connectivity index (χ3v) is 2.87. The Balaban J connectivity index is 2.61. The van der Waals surface area contributed by atoms with Crippen LogP contribution in [0.2, 0.25) is 0 Å². The maximum absolute atomic E-state index is 3.56. The van der Waals surface area contributed by atoms with Gasteiger partial charge in [-0.05, 0) is 44.9 Å². The van der Waals surface area contributed by atoms with Crippen molar-refractivity contribution in [3.05, 3.63) is 34.9 Å². The van der Waals surface area contributed by atoms with Crippen LogP contribution in [-0.2, 0) is 0 Å². The van der Waals surface area contributed by atoms with Crippen LogP contribution in [0, 0.1) is 13.8 Å². The molecule has 0 aliphatic carbocycles. The fourth-order valence-electron chi connectivity index (χ4n) is 1.92. The Hall–Kier alpha value is -0.820. The van der Waals surface area contributed by atoms with Gasteiger partial charge in [0.25, 0.3) is 0 Å². The average Bonchev–Trinajstić information content (AvgIpc) is 2.17. The lowest BCUT2D eigenvalue weighted by molar-refractivity contribution is 0.552. The van der Waals surface area contributed by atoms with Crippen LogP contribution in [-0.4, -0.2) is 6.54 Å². The van der Waals surface area contributed by atoms with Crippen LogP contribution in [0.1, 0.15) is 49.4 Å². The molecule has 0 bridgehead atoms. The smallest absolute Gasteiger partial charge is 0.0294 e. The Kier molecular flexibility index (Phi) is 4.83. The molecule has 84 valence electrons. The van der Waals surface area contributed by atoms with E-state index in [2.05, 4.69) is 51.2 Å². The standard InChI is InChI=1S/C14H23N/c1-5-6-9-15-13(4)14-8-7-11(2)10-12(14)3/h7-8,10,13,15H,5-6,9H2,1-4H3/t13-/m0/s1. The average molecular weight is 205 g/mol. The van der Waals surface area contributed by atoms with Crippen LogP contribution in [0.4, 0.5) is 0 Å². The van der Waals surface area contributed by atoms with Crippen LogP contribution >= 0.6 is 0 Å². The van der Waals surface area contributed by atoms with Gasteiger partial charge in [-0.2, -0.15) is 0 Å². The van der Waals surface area contributed by atoms with Crippen molar-refractivity contribution in [3.63, 3.8) is 0 Å². The normalized spacial score (nSPS) is 12.8. The first-order valence-corrected chi connectivity index (χ1v) is 5.95. The van der Waals surface area contributed by atoms with Crippen LogP contribution in [0.15, 0.2) is 18.2 Å². The summed E-state index contributed by atoms with van der Waals surface area (Å²) in [6.07, 6.45) is 2.52. The van der Waals surface area contributed by atoms with Crippen LogP contribution in [0.5, 0.6) is 0 Å². The second kappa shape index (κ2) is 5.92. The lowest BCUT2D eigenvalue weighted by atomic mass is 10.0. The van der Waals surface area contributed by atoms with Gasteiger partial charge >= 0.3 is 0 Å². The van der Waals surface area contributed by atoms with Gasteiger partial charge in [0.05, 0.1) is 0 Å². The Morgan fingerprint density at radius 2 is 2.00 bits per heavy atom. The number of rotatable bonds is 5. The highest BCUT2D eigenvalue weighted by atomic mass is 14.9. The first kappa shape index (κ1) is 12.3. The van der Waals surface area contributed by atoms with Crippen LogP contribution in [0.3, 0.4) is 0 Å². The van der Waals surface area contributed by atoms with E-state index in [1.54, 1.807) is 0 Å². The quantitative estimate of drug-likeness (QED) is 0.722. The SMILES string of the molecule is CCCCN[C@@H](C)c1ccc(C)cc1C. The fraction of sp³-hybridized carbons (Fsp3) is 0.571. The van der Waals surface area contributed by atoms with E-state index in [-0.39, 0.29) is 0 Å². The maximum atomic E-state index is 3.56. The van der Waals surface area contributed by atoms with Crippen molar-refractivity contribution >= 4 is 0 Å². The molecule has 1 aromatic carbocycles. The molecule has 1 N–H and O–H groups in total. The number of hydrogen-bond acceptors (Lipinski definition) is 1. The van der Waals surface area contributed by atoms with Gasteiger partial charge in [-0.1, -0.05) is 37.1 Å². The van der Waals surface area contributed by atoms with Gasteiger partial charge in [0.1, 0.15) is 0 Å². The number of aryl methyl sites for hydroxylation is 2. The molecule has 0 saturated heterocycles. The van der Waals surface area contributed by atoms with Gasteiger partial charge in [-0.15, -0.1) is 0 Å². The molecule has 0 aliphatic heterocycles. The van der Waals surface area contributed by atoms with Crippen molar-refractivity contribution in [2.24, 2.45) is 0 Å². The molecule has 1 atom stereocenters. The van der Waals surface area contributed by atoms with Gasteiger partial charge in [0.15, 0.2) is 0 Å². The molecule has 0 aromatic heterocycles. The highest BCUT2D eigenvalue weighted by molar-refractivity contribution is 5.32. The van der Waals surface area contributed by atoms with E-state index in [1.165, 1.54) is 29.5 Å². The second-order valence-electron chi connectivity index (χ2n) is 4.39. The molecule has 0 saturated carbocycles. The van der Waals surface area contributed by atoms with E-state index in [4.69, 9.17) is 0 Å². The lowest BCUT2D eigenvalue weighted by Gasteiger charge is -2.16. The number of nitrogens with one attached hydrogen (secondary N) is 1. The van der Waals surface area contributed by atoms with E-state index < -0.39 is 0 Å². The number of benzene rings is 1. The number of unbranched alkanes of at least 4 members (excludes halogenated alkanes) is 1. The summed E-state index contributed by atoms with van der Waals surface area (Å²) < 4.78 is 0. The van der Waals surface area contributed by atoms with Crippen molar-refractivity contribution in [3.8, 4) is 0 Å². The predicted molar refractivity (Wildman–Crippen MR) is 67.2 cm³/mol.